The van der Waals surface area contributed by atoms with Crippen LogP contribution in [0.5, 0.6) is 0 Å². The van der Waals surface area contributed by atoms with Crippen LogP contribution in [0.4, 0.5) is 5.69 Å². The maximum atomic E-state index is 6.20. The minimum absolute atomic E-state index is 0.310. The first-order valence-electron chi connectivity index (χ1n) is 6.71. The SMILES string of the molecule is Nc1ccc(Cl)c(CN2CCC3(CC2)OCCO3)c1. The summed E-state index contributed by atoms with van der Waals surface area (Å²) < 4.78 is 11.5. The van der Waals surface area contributed by atoms with Gasteiger partial charge in [-0.25, -0.2) is 0 Å². The van der Waals surface area contributed by atoms with Gasteiger partial charge in [0.1, 0.15) is 0 Å². The van der Waals surface area contributed by atoms with Crippen LogP contribution in [0.25, 0.3) is 0 Å². The van der Waals surface area contributed by atoms with Crippen molar-refractivity contribution in [2.75, 3.05) is 32.0 Å². The van der Waals surface area contributed by atoms with E-state index < -0.39 is 0 Å². The largest absolute Gasteiger partial charge is 0.399 e. The summed E-state index contributed by atoms with van der Waals surface area (Å²) in [5, 5.41) is 0.780. The Hall–Kier alpha value is -0.810. The van der Waals surface area contributed by atoms with Crippen molar-refractivity contribution in [3.8, 4) is 0 Å². The topological polar surface area (TPSA) is 47.7 Å². The van der Waals surface area contributed by atoms with E-state index in [0.29, 0.717) is 0 Å². The number of rotatable bonds is 2. The third-order valence-corrected chi connectivity index (χ3v) is 4.26. The Morgan fingerprint density at radius 3 is 2.58 bits per heavy atom. The molecule has 0 saturated carbocycles. The molecule has 0 unspecified atom stereocenters. The molecule has 104 valence electrons. The lowest BCUT2D eigenvalue weighted by atomic mass is 10.0. The summed E-state index contributed by atoms with van der Waals surface area (Å²) in [5.74, 6) is -0.310. The van der Waals surface area contributed by atoms with E-state index in [2.05, 4.69) is 4.90 Å². The van der Waals surface area contributed by atoms with Gasteiger partial charge >= 0.3 is 0 Å². The number of likely N-dealkylation sites (tertiary alicyclic amines) is 1. The number of nitrogen functional groups attached to an aromatic ring is 1. The molecule has 0 aliphatic carbocycles. The van der Waals surface area contributed by atoms with Crippen molar-refractivity contribution in [2.24, 2.45) is 0 Å². The fourth-order valence-corrected chi connectivity index (χ4v) is 2.97. The highest BCUT2D eigenvalue weighted by molar-refractivity contribution is 6.31. The fraction of sp³-hybridized carbons (Fsp3) is 0.571. The Morgan fingerprint density at radius 2 is 1.89 bits per heavy atom. The van der Waals surface area contributed by atoms with E-state index in [1.165, 1.54) is 0 Å². The van der Waals surface area contributed by atoms with Crippen molar-refractivity contribution in [3.05, 3.63) is 28.8 Å². The highest BCUT2D eigenvalue weighted by atomic mass is 35.5. The van der Waals surface area contributed by atoms with Gasteiger partial charge in [0.25, 0.3) is 0 Å². The van der Waals surface area contributed by atoms with Crippen molar-refractivity contribution in [1.82, 2.24) is 4.90 Å². The zero-order chi connectivity index (χ0) is 13.3. The van der Waals surface area contributed by atoms with Crippen LogP contribution in [0.2, 0.25) is 5.02 Å². The molecule has 2 aliphatic heterocycles. The Bertz CT molecular complexity index is 451. The van der Waals surface area contributed by atoms with Crippen molar-refractivity contribution in [3.63, 3.8) is 0 Å². The molecule has 1 spiro atoms. The Kier molecular flexibility index (Phi) is 3.67. The lowest BCUT2D eigenvalue weighted by molar-refractivity contribution is -0.185. The predicted octanol–water partition coefficient (Wildman–Crippen LogP) is 2.26. The molecule has 2 N–H and O–H groups in total. The van der Waals surface area contributed by atoms with E-state index in [1.54, 1.807) is 0 Å². The minimum atomic E-state index is -0.310. The monoisotopic (exact) mass is 282 g/mol. The lowest BCUT2D eigenvalue weighted by Crippen LogP contribution is -2.44. The number of piperidine rings is 1. The number of nitrogens with zero attached hydrogens (tertiary/aromatic N) is 1. The zero-order valence-corrected chi connectivity index (χ0v) is 11.7. The van der Waals surface area contributed by atoms with Crippen LogP contribution < -0.4 is 5.73 Å². The smallest absolute Gasteiger partial charge is 0.170 e. The lowest BCUT2D eigenvalue weighted by Gasteiger charge is -2.37. The highest BCUT2D eigenvalue weighted by Crippen LogP contribution is 2.32. The maximum Gasteiger partial charge on any atom is 0.170 e. The molecule has 1 aromatic rings. The minimum Gasteiger partial charge on any atom is -0.399 e. The molecule has 4 nitrogen and oxygen atoms in total. The van der Waals surface area contributed by atoms with Crippen molar-refractivity contribution < 1.29 is 9.47 Å². The van der Waals surface area contributed by atoms with Gasteiger partial charge in [-0.15, -0.1) is 0 Å². The second-order valence-electron chi connectivity index (χ2n) is 5.23. The van der Waals surface area contributed by atoms with Gasteiger partial charge in [-0.2, -0.15) is 0 Å². The molecular formula is C14H19ClN2O2. The average molecular weight is 283 g/mol. The van der Waals surface area contributed by atoms with Gasteiger partial charge in [0.2, 0.25) is 0 Å². The quantitative estimate of drug-likeness (QED) is 0.846. The van der Waals surface area contributed by atoms with Gasteiger partial charge in [0.05, 0.1) is 13.2 Å². The van der Waals surface area contributed by atoms with Gasteiger partial charge in [-0.1, -0.05) is 11.6 Å². The summed E-state index contributed by atoms with van der Waals surface area (Å²) in [6, 6.07) is 5.65. The second-order valence-corrected chi connectivity index (χ2v) is 5.64. The molecular weight excluding hydrogens is 264 g/mol. The summed E-state index contributed by atoms with van der Waals surface area (Å²) >= 11 is 6.20. The first kappa shape index (κ1) is 13.2. The molecule has 0 radical (unpaired) electrons. The van der Waals surface area contributed by atoms with Crippen LogP contribution in [-0.4, -0.2) is 37.0 Å². The molecule has 0 atom stereocenters. The van der Waals surface area contributed by atoms with Gasteiger partial charge in [0, 0.05) is 43.2 Å². The van der Waals surface area contributed by atoms with Crippen molar-refractivity contribution >= 4 is 17.3 Å². The molecule has 2 heterocycles. The van der Waals surface area contributed by atoms with Gasteiger partial charge in [-0.05, 0) is 23.8 Å². The zero-order valence-electron chi connectivity index (χ0n) is 10.9. The number of hydrogen-bond donors (Lipinski definition) is 1. The Labute approximate surface area is 118 Å². The van der Waals surface area contributed by atoms with E-state index in [0.717, 1.165) is 62.0 Å². The van der Waals surface area contributed by atoms with Crippen LogP contribution >= 0.6 is 11.6 Å². The third kappa shape index (κ3) is 2.87. The Morgan fingerprint density at radius 1 is 1.21 bits per heavy atom. The maximum absolute atomic E-state index is 6.20. The fourth-order valence-electron chi connectivity index (χ4n) is 2.79. The molecule has 5 heteroatoms. The van der Waals surface area contributed by atoms with Crippen LogP contribution in [0.15, 0.2) is 18.2 Å². The standard InChI is InChI=1S/C14H19ClN2O2/c15-13-2-1-12(16)9-11(13)10-17-5-3-14(4-6-17)18-7-8-19-14/h1-2,9H,3-8,10,16H2. The normalized spacial score (nSPS) is 23.0. The van der Waals surface area contributed by atoms with Crippen LogP contribution in [0.1, 0.15) is 18.4 Å². The molecule has 2 fully saturated rings. The molecule has 0 bridgehead atoms. The molecule has 2 saturated heterocycles. The van der Waals surface area contributed by atoms with Crippen molar-refractivity contribution in [1.29, 1.82) is 0 Å². The number of halogens is 1. The predicted molar refractivity (Wildman–Crippen MR) is 75.0 cm³/mol. The van der Waals surface area contributed by atoms with E-state index in [1.807, 2.05) is 18.2 Å². The number of anilines is 1. The van der Waals surface area contributed by atoms with E-state index in [-0.39, 0.29) is 5.79 Å². The van der Waals surface area contributed by atoms with E-state index >= 15 is 0 Å². The molecule has 3 rings (SSSR count). The van der Waals surface area contributed by atoms with E-state index in [4.69, 9.17) is 26.8 Å². The van der Waals surface area contributed by atoms with Crippen LogP contribution in [0, 0.1) is 0 Å². The summed E-state index contributed by atoms with van der Waals surface area (Å²) in [4.78, 5) is 2.37. The van der Waals surface area contributed by atoms with E-state index in [9.17, 15) is 0 Å². The van der Waals surface area contributed by atoms with Gasteiger partial charge in [0.15, 0.2) is 5.79 Å². The van der Waals surface area contributed by atoms with Gasteiger partial charge < -0.3 is 15.2 Å². The third-order valence-electron chi connectivity index (χ3n) is 3.90. The van der Waals surface area contributed by atoms with Gasteiger partial charge in [-0.3, -0.25) is 4.90 Å². The number of hydrogen-bond acceptors (Lipinski definition) is 4. The molecule has 0 aromatic heterocycles. The number of benzene rings is 1. The average Bonchev–Trinajstić information content (AvgIpc) is 2.85. The summed E-state index contributed by atoms with van der Waals surface area (Å²) in [7, 11) is 0. The number of ether oxygens (including phenoxy) is 2. The summed E-state index contributed by atoms with van der Waals surface area (Å²) in [6.07, 6.45) is 1.85. The Balaban J connectivity index is 1.61. The second kappa shape index (κ2) is 5.29. The molecule has 0 amide bonds. The molecule has 2 aliphatic rings. The first-order chi connectivity index (χ1) is 9.17. The first-order valence-corrected chi connectivity index (χ1v) is 7.09. The summed E-state index contributed by atoms with van der Waals surface area (Å²) in [5.41, 5.74) is 7.66. The molecule has 1 aromatic carbocycles. The van der Waals surface area contributed by atoms with Crippen LogP contribution in [-0.2, 0) is 16.0 Å². The van der Waals surface area contributed by atoms with Crippen LogP contribution in [0.3, 0.4) is 0 Å². The summed E-state index contributed by atoms with van der Waals surface area (Å²) in [6.45, 7) is 4.21. The number of nitrogens with two attached hydrogens (primary N) is 1. The highest BCUT2D eigenvalue weighted by Gasteiger charge is 2.39. The molecule has 19 heavy (non-hydrogen) atoms. The van der Waals surface area contributed by atoms with Crippen molar-refractivity contribution in [2.45, 2.75) is 25.2 Å².